The number of hydrogen-bond acceptors (Lipinski definition) is 2. The Morgan fingerprint density at radius 1 is 1.00 bits per heavy atom. The van der Waals surface area contributed by atoms with Gasteiger partial charge in [-0.2, -0.15) is 0 Å². The summed E-state index contributed by atoms with van der Waals surface area (Å²) in [5, 5.41) is 8.45. The highest BCUT2D eigenvalue weighted by molar-refractivity contribution is 5.87. The number of amides is 3. The zero-order chi connectivity index (χ0) is 12.3. The second kappa shape index (κ2) is 5.38. The lowest BCUT2D eigenvalue weighted by Gasteiger charge is -2.17. The van der Waals surface area contributed by atoms with Gasteiger partial charge in [0.2, 0.25) is 5.91 Å². The number of nitrogens with one attached hydrogen (secondary N) is 3. The minimum absolute atomic E-state index is 0.0888. The predicted octanol–water partition coefficient (Wildman–Crippen LogP) is 0.895. The number of rotatable bonds is 4. The third-order valence-electron chi connectivity index (χ3n) is 3.36. The van der Waals surface area contributed by atoms with Crippen LogP contribution in [0.25, 0.3) is 0 Å². The lowest BCUT2D eigenvalue weighted by Crippen LogP contribution is -2.50. The topological polar surface area (TPSA) is 70.2 Å². The molecular weight excluding hydrogens is 218 g/mol. The molecule has 3 amide bonds. The zero-order valence-electron chi connectivity index (χ0n) is 10.3. The molecule has 5 nitrogen and oxygen atoms in total. The largest absolute Gasteiger partial charge is 0.352 e. The molecule has 0 spiro atoms. The zero-order valence-corrected chi connectivity index (χ0v) is 10.3. The molecule has 3 N–H and O–H groups in total. The van der Waals surface area contributed by atoms with E-state index >= 15 is 0 Å². The second-order valence-electron chi connectivity index (χ2n) is 5.10. The Balaban J connectivity index is 1.67. The molecule has 0 aromatic rings. The fourth-order valence-electron chi connectivity index (χ4n) is 2.11. The van der Waals surface area contributed by atoms with E-state index in [9.17, 15) is 9.59 Å². The number of carbonyl (C=O) groups is 2. The molecule has 5 heteroatoms. The molecule has 2 aliphatic carbocycles. The van der Waals surface area contributed by atoms with Crippen LogP contribution in [0.5, 0.6) is 0 Å². The van der Waals surface area contributed by atoms with Crippen molar-refractivity contribution in [3.8, 4) is 0 Å². The van der Waals surface area contributed by atoms with Crippen LogP contribution >= 0.6 is 0 Å². The summed E-state index contributed by atoms with van der Waals surface area (Å²) in [6.45, 7) is 1.71. The van der Waals surface area contributed by atoms with E-state index in [2.05, 4.69) is 16.0 Å². The van der Waals surface area contributed by atoms with Crippen LogP contribution in [-0.4, -0.2) is 30.1 Å². The van der Waals surface area contributed by atoms with E-state index in [0.717, 1.165) is 25.7 Å². The van der Waals surface area contributed by atoms with E-state index in [1.807, 2.05) is 0 Å². The molecule has 96 valence electrons. The van der Waals surface area contributed by atoms with Crippen molar-refractivity contribution in [2.75, 3.05) is 0 Å². The average molecular weight is 239 g/mol. The van der Waals surface area contributed by atoms with Crippen molar-refractivity contribution in [2.24, 2.45) is 0 Å². The molecule has 2 saturated carbocycles. The van der Waals surface area contributed by atoms with Gasteiger partial charge in [0.15, 0.2) is 0 Å². The fourth-order valence-corrected chi connectivity index (χ4v) is 2.11. The lowest BCUT2D eigenvalue weighted by molar-refractivity contribution is -0.122. The number of carbonyl (C=O) groups excluding carboxylic acids is 2. The van der Waals surface area contributed by atoms with Gasteiger partial charge < -0.3 is 16.0 Å². The van der Waals surface area contributed by atoms with Crippen molar-refractivity contribution >= 4 is 11.9 Å². The molecule has 1 unspecified atom stereocenters. The van der Waals surface area contributed by atoms with Crippen LogP contribution in [0.3, 0.4) is 0 Å². The van der Waals surface area contributed by atoms with Crippen molar-refractivity contribution in [2.45, 2.75) is 63.6 Å². The quantitative estimate of drug-likeness (QED) is 0.682. The van der Waals surface area contributed by atoms with Crippen molar-refractivity contribution in [1.29, 1.82) is 0 Å². The Kier molecular flexibility index (Phi) is 3.86. The van der Waals surface area contributed by atoms with E-state index in [4.69, 9.17) is 0 Å². The monoisotopic (exact) mass is 239 g/mol. The molecule has 0 saturated heterocycles. The second-order valence-corrected chi connectivity index (χ2v) is 5.10. The molecular formula is C12H21N3O2. The highest BCUT2D eigenvalue weighted by atomic mass is 16.2. The van der Waals surface area contributed by atoms with Crippen LogP contribution in [0.15, 0.2) is 0 Å². The van der Waals surface area contributed by atoms with Crippen molar-refractivity contribution < 1.29 is 9.59 Å². The van der Waals surface area contributed by atoms with Gasteiger partial charge in [-0.3, -0.25) is 4.79 Å². The SMILES string of the molecule is CC(NC(=O)NC1CCCC1)C(=O)NC1CC1. The Morgan fingerprint density at radius 3 is 2.18 bits per heavy atom. The smallest absolute Gasteiger partial charge is 0.315 e. The minimum atomic E-state index is -0.461. The molecule has 0 aliphatic heterocycles. The van der Waals surface area contributed by atoms with Gasteiger partial charge in [0, 0.05) is 12.1 Å². The third-order valence-corrected chi connectivity index (χ3v) is 3.36. The predicted molar refractivity (Wildman–Crippen MR) is 64.6 cm³/mol. The first-order chi connectivity index (χ1) is 8.15. The van der Waals surface area contributed by atoms with Crippen LogP contribution in [0.4, 0.5) is 4.79 Å². The maximum Gasteiger partial charge on any atom is 0.315 e. The van der Waals surface area contributed by atoms with Gasteiger partial charge in [0.05, 0.1) is 0 Å². The van der Waals surface area contributed by atoms with Crippen LogP contribution in [-0.2, 0) is 4.79 Å². The molecule has 0 radical (unpaired) electrons. The Morgan fingerprint density at radius 2 is 1.59 bits per heavy atom. The molecule has 17 heavy (non-hydrogen) atoms. The normalized spacial score (nSPS) is 21.9. The Labute approximate surface area is 102 Å². The van der Waals surface area contributed by atoms with Crippen LogP contribution in [0, 0.1) is 0 Å². The van der Waals surface area contributed by atoms with Gasteiger partial charge >= 0.3 is 6.03 Å². The third kappa shape index (κ3) is 3.91. The van der Waals surface area contributed by atoms with Gasteiger partial charge in [0.1, 0.15) is 6.04 Å². The standard InChI is InChI=1S/C12H21N3O2/c1-8(11(16)14-10-6-7-10)13-12(17)15-9-4-2-3-5-9/h8-10H,2-7H2,1H3,(H,14,16)(H2,13,15,17). The van der Waals surface area contributed by atoms with Crippen LogP contribution in [0.2, 0.25) is 0 Å². The first-order valence-corrected chi connectivity index (χ1v) is 6.52. The van der Waals surface area contributed by atoms with Crippen LogP contribution in [0.1, 0.15) is 45.4 Å². The maximum absolute atomic E-state index is 11.6. The van der Waals surface area contributed by atoms with E-state index in [-0.39, 0.29) is 18.0 Å². The van der Waals surface area contributed by atoms with Gasteiger partial charge in [-0.15, -0.1) is 0 Å². The highest BCUT2D eigenvalue weighted by Crippen LogP contribution is 2.18. The minimum Gasteiger partial charge on any atom is -0.352 e. The summed E-state index contributed by atoms with van der Waals surface area (Å²) in [6.07, 6.45) is 6.59. The van der Waals surface area contributed by atoms with Gasteiger partial charge in [-0.25, -0.2) is 4.79 Å². The molecule has 2 fully saturated rings. The van der Waals surface area contributed by atoms with Gasteiger partial charge in [-0.1, -0.05) is 12.8 Å². The summed E-state index contributed by atoms with van der Waals surface area (Å²) >= 11 is 0. The summed E-state index contributed by atoms with van der Waals surface area (Å²) in [5.74, 6) is -0.0888. The summed E-state index contributed by atoms with van der Waals surface area (Å²) in [5.41, 5.74) is 0. The molecule has 2 rings (SSSR count). The van der Waals surface area contributed by atoms with Gasteiger partial charge in [0.25, 0.3) is 0 Å². The summed E-state index contributed by atoms with van der Waals surface area (Å²) < 4.78 is 0. The number of urea groups is 1. The first kappa shape index (κ1) is 12.2. The summed E-state index contributed by atoms with van der Waals surface area (Å²) in [6, 6.07) is -0.0642. The Bertz CT molecular complexity index is 296. The lowest BCUT2D eigenvalue weighted by atomic mass is 10.2. The van der Waals surface area contributed by atoms with E-state index in [1.165, 1.54) is 12.8 Å². The molecule has 0 aromatic heterocycles. The Hall–Kier alpha value is -1.26. The molecule has 2 aliphatic rings. The van der Waals surface area contributed by atoms with E-state index < -0.39 is 6.04 Å². The first-order valence-electron chi connectivity index (χ1n) is 6.52. The average Bonchev–Trinajstić information content (AvgIpc) is 2.93. The summed E-state index contributed by atoms with van der Waals surface area (Å²) in [4.78, 5) is 23.2. The van der Waals surface area contributed by atoms with Crippen molar-refractivity contribution in [3.63, 3.8) is 0 Å². The molecule has 0 bridgehead atoms. The van der Waals surface area contributed by atoms with E-state index in [1.54, 1.807) is 6.92 Å². The number of hydrogen-bond donors (Lipinski definition) is 3. The summed E-state index contributed by atoms with van der Waals surface area (Å²) in [7, 11) is 0. The van der Waals surface area contributed by atoms with Crippen molar-refractivity contribution in [1.82, 2.24) is 16.0 Å². The van der Waals surface area contributed by atoms with Gasteiger partial charge in [-0.05, 0) is 32.6 Å². The van der Waals surface area contributed by atoms with Crippen molar-refractivity contribution in [3.05, 3.63) is 0 Å². The molecule has 0 aromatic carbocycles. The molecule has 0 heterocycles. The highest BCUT2D eigenvalue weighted by Gasteiger charge is 2.26. The fraction of sp³-hybridized carbons (Fsp3) is 0.833. The van der Waals surface area contributed by atoms with E-state index in [0.29, 0.717) is 6.04 Å². The molecule has 1 atom stereocenters. The van der Waals surface area contributed by atoms with Crippen LogP contribution < -0.4 is 16.0 Å². The maximum atomic E-state index is 11.6.